The molecule has 0 aliphatic carbocycles. The first kappa shape index (κ1) is 11.5. The van der Waals surface area contributed by atoms with Gasteiger partial charge in [-0.3, -0.25) is 0 Å². The van der Waals surface area contributed by atoms with Crippen LogP contribution < -0.4 is 0 Å². The van der Waals surface area contributed by atoms with E-state index in [4.69, 9.17) is 5.11 Å². The zero-order valence-corrected chi connectivity index (χ0v) is 7.17. The summed E-state index contributed by atoms with van der Waals surface area (Å²) in [5.41, 5.74) is 0. The second-order valence-corrected chi connectivity index (χ2v) is 1.06. The monoisotopic (exact) mass is 287 g/mol. The summed E-state index contributed by atoms with van der Waals surface area (Å²) < 4.78 is 0. The third-order valence-electron chi connectivity index (χ3n) is 0.325. The Morgan fingerprint density at radius 1 is 1.43 bits per heavy atom. The molecule has 0 spiro atoms. The fourth-order valence-corrected chi connectivity index (χ4v) is 0.0603. The van der Waals surface area contributed by atoms with Crippen molar-refractivity contribution in [1.29, 1.82) is 0 Å². The molecule has 1 fully saturated rings. The van der Waals surface area contributed by atoms with Gasteiger partial charge >= 0.3 is 5.97 Å². The van der Waals surface area contributed by atoms with Gasteiger partial charge < -0.3 is 5.11 Å². The van der Waals surface area contributed by atoms with E-state index < -0.39 is 5.97 Å². The second kappa shape index (κ2) is 3.69. The summed E-state index contributed by atoms with van der Waals surface area (Å²) in [5, 5.41) is 8.19. The van der Waals surface area contributed by atoms with Gasteiger partial charge in [-0.1, -0.05) is 0 Å². The number of hydrogen-bond donors (Lipinski definition) is 1. The van der Waals surface area contributed by atoms with Crippen molar-refractivity contribution in [3.8, 4) is 0 Å². The summed E-state index contributed by atoms with van der Waals surface area (Å²) in [6.07, 6.45) is 0. The summed E-state index contributed by atoms with van der Waals surface area (Å²) in [6, 6.07) is 0. The standard InChI is InChI=1S/C2H4O3.Co.Sm/c1-2(3)4-5-2;;/h3H,1H3;;. The van der Waals surface area contributed by atoms with E-state index in [0.717, 1.165) is 0 Å². The third-order valence-corrected chi connectivity index (χ3v) is 0.325. The van der Waals surface area contributed by atoms with Crippen LogP contribution in [0, 0.1) is 40.4 Å². The summed E-state index contributed by atoms with van der Waals surface area (Å²) in [4.78, 5) is 7.90. The van der Waals surface area contributed by atoms with E-state index in [2.05, 4.69) is 9.78 Å². The van der Waals surface area contributed by atoms with Gasteiger partial charge in [0.1, 0.15) is 0 Å². The molecule has 0 unspecified atom stereocenters. The van der Waals surface area contributed by atoms with Crippen molar-refractivity contribution in [2.75, 3.05) is 0 Å². The molecule has 1 rings (SSSR count). The predicted molar refractivity (Wildman–Crippen MR) is 12.8 cm³/mol. The van der Waals surface area contributed by atoms with E-state index in [0.29, 0.717) is 0 Å². The average Bonchev–Trinajstić information content (AvgIpc) is 1.76. The molecule has 5 heteroatoms. The first-order valence-corrected chi connectivity index (χ1v) is 1.30. The molecule has 1 heterocycles. The number of aliphatic hydroxyl groups is 1. The molecule has 0 aromatic carbocycles. The minimum absolute atomic E-state index is 0. The molecular weight excluding hydrogens is 281 g/mol. The minimum atomic E-state index is -1.25. The van der Waals surface area contributed by atoms with Crippen molar-refractivity contribution < 1.29 is 72.0 Å². The van der Waals surface area contributed by atoms with Crippen molar-refractivity contribution in [3.63, 3.8) is 0 Å². The molecule has 1 aliphatic heterocycles. The van der Waals surface area contributed by atoms with Crippen LogP contribution in [0.15, 0.2) is 0 Å². The summed E-state index contributed by atoms with van der Waals surface area (Å²) in [7, 11) is 0. The van der Waals surface area contributed by atoms with Gasteiger partial charge in [0.05, 0.1) is 0 Å². The molecular formula is C2H4CoO3Sm. The van der Waals surface area contributed by atoms with Crippen LogP contribution in [-0.2, 0) is 26.6 Å². The Labute approximate surface area is 84.0 Å². The summed E-state index contributed by atoms with van der Waals surface area (Å²) in [5.74, 6) is -1.25. The van der Waals surface area contributed by atoms with Gasteiger partial charge in [-0.05, 0) is 0 Å². The fraction of sp³-hybridized carbons (Fsp3) is 1.00. The fourth-order valence-electron chi connectivity index (χ4n) is 0.0603. The first-order chi connectivity index (χ1) is 2.21. The van der Waals surface area contributed by atoms with Crippen LogP contribution in [0.25, 0.3) is 0 Å². The molecule has 7 heavy (non-hydrogen) atoms. The van der Waals surface area contributed by atoms with Crippen LogP contribution in [0.5, 0.6) is 0 Å². The maximum absolute atomic E-state index is 8.19. The normalized spacial score (nSPS) is 21.4. The molecule has 0 aromatic heterocycles. The van der Waals surface area contributed by atoms with E-state index in [9.17, 15) is 0 Å². The smallest absolute Gasteiger partial charge is 0.334 e. The summed E-state index contributed by atoms with van der Waals surface area (Å²) in [6.45, 7) is 1.41. The quantitative estimate of drug-likeness (QED) is 0.487. The molecule has 1 aliphatic rings. The Morgan fingerprint density at radius 2 is 1.57 bits per heavy atom. The average molecular weight is 285 g/mol. The van der Waals surface area contributed by atoms with E-state index in [-0.39, 0.29) is 57.2 Å². The van der Waals surface area contributed by atoms with Gasteiger partial charge in [-0.25, -0.2) is 0 Å². The van der Waals surface area contributed by atoms with Crippen LogP contribution >= 0.6 is 0 Å². The van der Waals surface area contributed by atoms with E-state index >= 15 is 0 Å². The van der Waals surface area contributed by atoms with Gasteiger partial charge in [0.25, 0.3) is 0 Å². The topological polar surface area (TPSA) is 45.3 Å². The van der Waals surface area contributed by atoms with Crippen LogP contribution in [0.1, 0.15) is 6.92 Å². The molecule has 3 nitrogen and oxygen atoms in total. The Kier molecular flexibility index (Phi) is 6.07. The Balaban J connectivity index is 0. The first-order valence-electron chi connectivity index (χ1n) is 1.30. The van der Waals surface area contributed by atoms with Crippen molar-refractivity contribution in [1.82, 2.24) is 0 Å². The van der Waals surface area contributed by atoms with Gasteiger partial charge in [0.2, 0.25) is 0 Å². The Bertz CT molecular complexity index is 50.9. The maximum atomic E-state index is 8.19. The van der Waals surface area contributed by atoms with E-state index in [1.54, 1.807) is 0 Å². The van der Waals surface area contributed by atoms with Crippen molar-refractivity contribution >= 4 is 0 Å². The van der Waals surface area contributed by atoms with Crippen molar-refractivity contribution in [2.45, 2.75) is 12.9 Å². The van der Waals surface area contributed by atoms with E-state index in [1.807, 2.05) is 0 Å². The van der Waals surface area contributed by atoms with Crippen LogP contribution in [-0.4, -0.2) is 11.1 Å². The number of hydrogen-bond acceptors (Lipinski definition) is 3. The van der Waals surface area contributed by atoms with Crippen LogP contribution in [0.4, 0.5) is 0 Å². The van der Waals surface area contributed by atoms with Gasteiger partial charge in [0.15, 0.2) is 0 Å². The largest absolute Gasteiger partial charge is 0.340 e. The Morgan fingerprint density at radius 3 is 1.57 bits per heavy atom. The van der Waals surface area contributed by atoms with Crippen LogP contribution in [0.2, 0.25) is 0 Å². The molecule has 1 saturated heterocycles. The molecule has 0 atom stereocenters. The molecule has 0 amide bonds. The maximum Gasteiger partial charge on any atom is 0.334 e. The predicted octanol–water partition coefficient (Wildman–Crippen LogP) is -0.388. The molecule has 0 aromatic rings. The third kappa shape index (κ3) is 5.60. The zero-order chi connectivity index (χ0) is 3.91. The zero-order valence-electron chi connectivity index (χ0n) is 3.51. The molecule has 0 saturated carbocycles. The molecule has 1 radical (unpaired) electrons. The van der Waals surface area contributed by atoms with Gasteiger partial charge in [-0.2, -0.15) is 9.78 Å². The second-order valence-electron chi connectivity index (χ2n) is 1.06. The molecule has 45 valence electrons. The summed E-state index contributed by atoms with van der Waals surface area (Å²) >= 11 is 0. The van der Waals surface area contributed by atoms with Gasteiger partial charge in [-0.15, -0.1) is 0 Å². The van der Waals surface area contributed by atoms with Crippen molar-refractivity contribution in [3.05, 3.63) is 0 Å². The Hall–Kier alpha value is 1.72. The van der Waals surface area contributed by atoms with Crippen molar-refractivity contribution in [2.24, 2.45) is 0 Å². The number of rotatable bonds is 0. The molecule has 1 N–H and O–H groups in total. The van der Waals surface area contributed by atoms with Gasteiger partial charge in [0, 0.05) is 64.1 Å². The SMILES string of the molecule is CC1(O)OO1.[Co].[Sm]. The minimum Gasteiger partial charge on any atom is -0.340 e. The molecule has 0 bridgehead atoms. The van der Waals surface area contributed by atoms with E-state index in [1.165, 1.54) is 6.92 Å². The van der Waals surface area contributed by atoms with Crippen LogP contribution in [0.3, 0.4) is 0 Å².